The molecule has 2 heterocycles. The number of ether oxygens (including phenoxy) is 1. The van der Waals surface area contributed by atoms with Crippen molar-refractivity contribution >= 4 is 11.9 Å². The number of carboxylic acids is 1. The Morgan fingerprint density at radius 2 is 1.96 bits per heavy atom. The summed E-state index contributed by atoms with van der Waals surface area (Å²) in [4.78, 5) is 25.6. The average molecular weight is 372 g/mol. The third kappa shape index (κ3) is 4.10. The van der Waals surface area contributed by atoms with Crippen molar-refractivity contribution < 1.29 is 19.4 Å². The zero-order valence-corrected chi connectivity index (χ0v) is 15.8. The molecule has 8 heteroatoms. The van der Waals surface area contributed by atoms with E-state index in [9.17, 15) is 14.7 Å². The highest BCUT2D eigenvalue weighted by molar-refractivity contribution is 5.93. The highest BCUT2D eigenvalue weighted by Crippen LogP contribution is 2.21. The molecule has 8 nitrogen and oxygen atoms in total. The molecule has 0 saturated carbocycles. The van der Waals surface area contributed by atoms with Crippen molar-refractivity contribution in [3.63, 3.8) is 0 Å². The Balaban J connectivity index is 1.78. The Hall–Kier alpha value is -2.90. The normalized spacial score (nSPS) is 17.2. The van der Waals surface area contributed by atoms with Gasteiger partial charge in [-0.15, -0.1) is 5.10 Å². The molecule has 1 aliphatic heterocycles. The molecular weight excluding hydrogens is 348 g/mol. The van der Waals surface area contributed by atoms with Gasteiger partial charge in [-0.3, -0.25) is 9.59 Å². The Morgan fingerprint density at radius 3 is 2.59 bits per heavy atom. The number of hydrogen-bond acceptors (Lipinski definition) is 5. The van der Waals surface area contributed by atoms with Crippen molar-refractivity contribution in [2.75, 3.05) is 13.1 Å². The molecule has 1 saturated heterocycles. The summed E-state index contributed by atoms with van der Waals surface area (Å²) >= 11 is 0. The number of benzene rings is 1. The minimum atomic E-state index is -0.864. The zero-order valence-electron chi connectivity index (χ0n) is 15.8. The first kappa shape index (κ1) is 18.9. The van der Waals surface area contributed by atoms with Gasteiger partial charge >= 0.3 is 5.97 Å². The van der Waals surface area contributed by atoms with Crippen LogP contribution in [0.2, 0.25) is 0 Å². The number of rotatable bonds is 5. The second kappa shape index (κ2) is 7.77. The lowest BCUT2D eigenvalue weighted by Gasteiger charge is -2.30. The van der Waals surface area contributed by atoms with Gasteiger partial charge in [-0.1, -0.05) is 5.21 Å². The smallest absolute Gasteiger partial charge is 0.308 e. The van der Waals surface area contributed by atoms with Crippen LogP contribution >= 0.6 is 0 Å². The molecule has 0 aliphatic carbocycles. The monoisotopic (exact) mass is 372 g/mol. The molecule has 27 heavy (non-hydrogen) atoms. The van der Waals surface area contributed by atoms with Crippen LogP contribution in [0, 0.1) is 12.8 Å². The summed E-state index contributed by atoms with van der Waals surface area (Å²) in [6, 6.07) is 7.41. The zero-order chi connectivity index (χ0) is 19.6. The Bertz CT molecular complexity index is 829. The van der Waals surface area contributed by atoms with E-state index < -0.39 is 11.9 Å². The summed E-state index contributed by atoms with van der Waals surface area (Å²) in [6.07, 6.45) is 1.36. The number of carboxylic acid groups (broad SMARTS) is 1. The van der Waals surface area contributed by atoms with E-state index >= 15 is 0 Å². The topological polar surface area (TPSA) is 97.5 Å². The molecule has 1 aromatic carbocycles. The quantitative estimate of drug-likeness (QED) is 0.865. The lowest BCUT2D eigenvalue weighted by Crippen LogP contribution is -2.42. The van der Waals surface area contributed by atoms with E-state index in [2.05, 4.69) is 10.3 Å². The molecular formula is C19H24N4O4. The van der Waals surface area contributed by atoms with Gasteiger partial charge in [-0.05, 0) is 57.9 Å². The lowest BCUT2D eigenvalue weighted by atomic mass is 9.98. The van der Waals surface area contributed by atoms with Crippen LogP contribution in [-0.4, -0.2) is 56.1 Å². The number of amides is 1. The van der Waals surface area contributed by atoms with Crippen LogP contribution in [0.5, 0.6) is 5.75 Å². The second-order valence-electron chi connectivity index (χ2n) is 7.02. The van der Waals surface area contributed by atoms with E-state index in [1.807, 2.05) is 38.1 Å². The van der Waals surface area contributed by atoms with Crippen LogP contribution in [0.3, 0.4) is 0 Å². The van der Waals surface area contributed by atoms with E-state index in [1.54, 1.807) is 16.5 Å². The van der Waals surface area contributed by atoms with Gasteiger partial charge < -0.3 is 14.7 Å². The highest BCUT2D eigenvalue weighted by Gasteiger charge is 2.31. The SMILES string of the molecule is Cc1c(C(=O)N2CCC[C@@H](C(=O)O)C2)nnn1-c1ccc(OC(C)C)cc1. The molecule has 1 N–H and O–H groups in total. The first-order valence-corrected chi connectivity index (χ1v) is 9.08. The predicted molar refractivity (Wildman–Crippen MR) is 98.1 cm³/mol. The first-order chi connectivity index (χ1) is 12.9. The van der Waals surface area contributed by atoms with Crippen molar-refractivity contribution in [1.82, 2.24) is 19.9 Å². The highest BCUT2D eigenvalue weighted by atomic mass is 16.5. The van der Waals surface area contributed by atoms with Crippen LogP contribution in [0.4, 0.5) is 0 Å². The molecule has 1 aliphatic rings. The van der Waals surface area contributed by atoms with Crippen molar-refractivity contribution in [3.05, 3.63) is 35.7 Å². The lowest BCUT2D eigenvalue weighted by molar-refractivity contribution is -0.143. The van der Waals surface area contributed by atoms with Crippen molar-refractivity contribution in [1.29, 1.82) is 0 Å². The molecule has 0 unspecified atom stereocenters. The second-order valence-corrected chi connectivity index (χ2v) is 7.02. The van der Waals surface area contributed by atoms with E-state index in [0.717, 1.165) is 11.4 Å². The molecule has 3 rings (SSSR count). The summed E-state index contributed by atoms with van der Waals surface area (Å²) in [6.45, 7) is 6.45. The van der Waals surface area contributed by atoms with Gasteiger partial charge in [-0.25, -0.2) is 4.68 Å². The fourth-order valence-corrected chi connectivity index (χ4v) is 3.22. The number of carbonyl (C=O) groups excluding carboxylic acids is 1. The Morgan fingerprint density at radius 1 is 1.26 bits per heavy atom. The van der Waals surface area contributed by atoms with Crippen LogP contribution in [-0.2, 0) is 4.79 Å². The molecule has 144 valence electrons. The predicted octanol–water partition coefficient (Wildman–Crippen LogP) is 2.30. The van der Waals surface area contributed by atoms with E-state index in [-0.39, 0.29) is 24.2 Å². The molecule has 1 amide bonds. The molecule has 1 aromatic heterocycles. The van der Waals surface area contributed by atoms with Crippen molar-refractivity contribution in [3.8, 4) is 11.4 Å². The molecule has 2 aromatic rings. The number of nitrogens with zero attached hydrogens (tertiary/aromatic N) is 4. The van der Waals surface area contributed by atoms with Crippen LogP contribution in [0.15, 0.2) is 24.3 Å². The molecule has 1 fully saturated rings. The summed E-state index contributed by atoms with van der Waals surface area (Å²) < 4.78 is 7.24. The fraction of sp³-hybridized carbons (Fsp3) is 0.474. The van der Waals surface area contributed by atoms with Gasteiger partial charge in [-0.2, -0.15) is 0 Å². The Labute approximate surface area is 157 Å². The van der Waals surface area contributed by atoms with Crippen LogP contribution in [0.25, 0.3) is 5.69 Å². The van der Waals surface area contributed by atoms with Gasteiger partial charge in [0.25, 0.3) is 5.91 Å². The fourth-order valence-electron chi connectivity index (χ4n) is 3.22. The average Bonchev–Trinajstić information content (AvgIpc) is 3.03. The molecule has 1 atom stereocenters. The minimum absolute atomic E-state index is 0.0901. The van der Waals surface area contributed by atoms with Crippen LogP contribution < -0.4 is 4.74 Å². The number of piperidine rings is 1. The molecule has 0 spiro atoms. The van der Waals surface area contributed by atoms with E-state index in [1.165, 1.54) is 0 Å². The van der Waals surface area contributed by atoms with E-state index in [0.29, 0.717) is 25.1 Å². The summed E-state index contributed by atoms with van der Waals surface area (Å²) in [7, 11) is 0. The summed E-state index contributed by atoms with van der Waals surface area (Å²) in [5.74, 6) is -0.900. The minimum Gasteiger partial charge on any atom is -0.491 e. The van der Waals surface area contributed by atoms with E-state index in [4.69, 9.17) is 4.74 Å². The van der Waals surface area contributed by atoms with Gasteiger partial charge in [0.1, 0.15) is 5.75 Å². The van der Waals surface area contributed by atoms with Crippen molar-refractivity contribution in [2.24, 2.45) is 5.92 Å². The van der Waals surface area contributed by atoms with Crippen LogP contribution in [0.1, 0.15) is 42.9 Å². The van der Waals surface area contributed by atoms with Gasteiger partial charge in [0.15, 0.2) is 5.69 Å². The molecule has 0 radical (unpaired) electrons. The number of aliphatic carboxylic acids is 1. The molecule has 0 bridgehead atoms. The van der Waals surface area contributed by atoms with Gasteiger partial charge in [0.2, 0.25) is 0 Å². The Kier molecular flexibility index (Phi) is 5.43. The van der Waals surface area contributed by atoms with Crippen molar-refractivity contribution in [2.45, 2.75) is 39.7 Å². The third-order valence-electron chi connectivity index (χ3n) is 4.61. The first-order valence-electron chi connectivity index (χ1n) is 9.08. The maximum Gasteiger partial charge on any atom is 0.308 e. The number of likely N-dealkylation sites (tertiary alicyclic amines) is 1. The largest absolute Gasteiger partial charge is 0.491 e. The maximum absolute atomic E-state index is 12.8. The number of aromatic nitrogens is 3. The summed E-state index contributed by atoms with van der Waals surface area (Å²) in [5.41, 5.74) is 1.65. The number of hydrogen-bond donors (Lipinski definition) is 1. The third-order valence-corrected chi connectivity index (χ3v) is 4.61. The van der Waals surface area contributed by atoms with Gasteiger partial charge in [0.05, 0.1) is 23.4 Å². The maximum atomic E-state index is 12.8. The standard InChI is InChI=1S/C19H24N4O4/c1-12(2)27-16-8-6-15(7-9-16)23-13(3)17(20-21-23)18(24)22-10-4-5-14(11-22)19(25)26/h6-9,12,14H,4-5,10-11H2,1-3H3,(H,25,26)/t14-/m1/s1. The van der Waals surface area contributed by atoms with Gasteiger partial charge in [0, 0.05) is 13.1 Å². The summed E-state index contributed by atoms with van der Waals surface area (Å²) in [5, 5.41) is 17.4. The number of carbonyl (C=O) groups is 2.